The lowest BCUT2D eigenvalue weighted by Crippen LogP contribution is -2.60. The molecule has 3 rings (SSSR count). The lowest BCUT2D eigenvalue weighted by atomic mass is 9.92. The van der Waals surface area contributed by atoms with Crippen LogP contribution in [-0.4, -0.2) is 68.8 Å². The van der Waals surface area contributed by atoms with Crippen molar-refractivity contribution in [1.29, 1.82) is 0 Å². The predicted molar refractivity (Wildman–Crippen MR) is 94.4 cm³/mol. The molecule has 2 aliphatic heterocycles. The van der Waals surface area contributed by atoms with E-state index in [4.69, 9.17) is 18.0 Å². The number of hydrogen-bond donors (Lipinski definition) is 3. The van der Waals surface area contributed by atoms with Gasteiger partial charge >= 0.3 is 5.97 Å². The van der Waals surface area contributed by atoms with Crippen molar-refractivity contribution in [3.8, 4) is 0 Å². The average Bonchev–Trinajstić information content (AvgIpc) is 3.09. The lowest BCUT2D eigenvalue weighted by Gasteiger charge is -2.43. The third-order valence-electron chi connectivity index (χ3n) is 3.67. The van der Waals surface area contributed by atoms with Crippen molar-refractivity contribution in [1.82, 2.24) is 25.1 Å². The number of nitrogens with two attached hydrogens (primary N) is 1. The van der Waals surface area contributed by atoms with Crippen LogP contribution in [0.1, 0.15) is 12.7 Å². The number of fused-ring (bicyclic) bond motifs is 1. The molecule has 1 aromatic heterocycles. The number of carbonyl (C=O) groups is 3. The number of thiocarbonyl (C=S) groups is 1. The molecule has 1 fully saturated rings. The van der Waals surface area contributed by atoms with Crippen LogP contribution in [0.4, 0.5) is 0 Å². The maximum atomic E-state index is 12.2. The van der Waals surface area contributed by atoms with Crippen molar-refractivity contribution in [3.63, 3.8) is 0 Å². The second-order valence-electron chi connectivity index (χ2n) is 5.44. The van der Waals surface area contributed by atoms with E-state index in [1.54, 1.807) is 0 Å². The van der Waals surface area contributed by atoms with Gasteiger partial charge in [0.25, 0.3) is 0 Å². The van der Waals surface area contributed by atoms with Crippen LogP contribution in [0.25, 0.3) is 0 Å². The minimum absolute atomic E-state index is 0.0919. The zero-order valence-electron chi connectivity index (χ0n) is 13.1. The zero-order valence-corrected chi connectivity index (χ0v) is 15.5. The Morgan fingerprint density at radius 1 is 1.50 bits per heavy atom. The third kappa shape index (κ3) is 3.08. The number of aliphatic hydroxyl groups excluding tert-OH is 1. The molecule has 2 amide bonds. The van der Waals surface area contributed by atoms with Crippen LogP contribution < -0.4 is 5.73 Å². The van der Waals surface area contributed by atoms with Gasteiger partial charge < -0.3 is 15.9 Å². The Kier molecular flexibility index (Phi) is 5.01. The Labute approximate surface area is 160 Å². The van der Waals surface area contributed by atoms with Crippen LogP contribution in [0.15, 0.2) is 9.93 Å². The summed E-state index contributed by atoms with van der Waals surface area (Å²) in [6, 6.07) is 0. The summed E-state index contributed by atoms with van der Waals surface area (Å²) in [5.74, 6) is -2.98. The molecule has 2 aliphatic rings. The number of thioether (sulfide) groups is 2. The van der Waals surface area contributed by atoms with Crippen LogP contribution in [0.2, 0.25) is 0 Å². The molecule has 1 saturated heterocycles. The molecule has 1 aromatic rings. The van der Waals surface area contributed by atoms with Crippen molar-refractivity contribution >= 4 is 57.7 Å². The molecule has 0 unspecified atom stereocenters. The highest BCUT2D eigenvalue weighted by Gasteiger charge is 2.57. The topological polar surface area (TPSA) is 165 Å². The van der Waals surface area contributed by atoms with E-state index in [0.717, 1.165) is 33.1 Å². The molecule has 3 heterocycles. The van der Waals surface area contributed by atoms with Crippen molar-refractivity contribution in [2.24, 2.45) is 11.7 Å². The summed E-state index contributed by atoms with van der Waals surface area (Å²) in [6.07, 6.45) is -0.898. The summed E-state index contributed by atoms with van der Waals surface area (Å²) < 4.78 is 1.52. The summed E-state index contributed by atoms with van der Waals surface area (Å²) in [4.78, 5) is 36.0. The van der Waals surface area contributed by atoms with Crippen molar-refractivity contribution < 1.29 is 24.6 Å². The molecule has 0 radical (unpaired) electrons. The first-order valence-corrected chi connectivity index (χ1v) is 9.24. The minimum atomic E-state index is -1.28. The predicted octanol–water partition coefficient (Wildman–Crippen LogP) is -1.27. The maximum Gasteiger partial charge on any atom is 0.354 e. The van der Waals surface area contributed by atoms with Gasteiger partial charge in [-0.1, -0.05) is 35.7 Å². The van der Waals surface area contributed by atoms with Crippen LogP contribution in [0, 0.1) is 5.92 Å². The number of aromatic nitrogens is 4. The van der Waals surface area contributed by atoms with Gasteiger partial charge in [-0.05, 0) is 17.4 Å². The number of nitrogens with zero attached hydrogens (tertiary/aromatic N) is 5. The number of carbonyl (C=O) groups excluding carboxylic acids is 2. The molecule has 138 valence electrons. The van der Waals surface area contributed by atoms with Crippen LogP contribution in [0.5, 0.6) is 0 Å². The Bertz CT molecular complexity index is 852. The second kappa shape index (κ2) is 6.94. The molecule has 14 heteroatoms. The highest BCUT2D eigenvalue weighted by Crippen LogP contribution is 2.54. The van der Waals surface area contributed by atoms with Gasteiger partial charge in [0.15, 0.2) is 11.5 Å². The fourth-order valence-electron chi connectivity index (χ4n) is 2.56. The molecule has 0 aliphatic carbocycles. The summed E-state index contributed by atoms with van der Waals surface area (Å²) in [5.41, 5.74) is 4.93. The largest absolute Gasteiger partial charge is 0.477 e. The Morgan fingerprint density at radius 2 is 2.19 bits per heavy atom. The number of carboxylic acids is 1. The SMILES string of the molecule is C[C@@H](O)[C@H]1C(=O)N2C(C(=O)O)=C(SC(=S)c3nnnn3CC(N)=O)S[C@H]12. The number of tetrazole rings is 1. The van der Waals surface area contributed by atoms with Crippen molar-refractivity contribution in [2.75, 3.05) is 0 Å². The number of carboxylic acid groups (broad SMARTS) is 1. The smallest absolute Gasteiger partial charge is 0.354 e. The third-order valence-corrected chi connectivity index (χ3v) is 6.54. The van der Waals surface area contributed by atoms with E-state index in [-0.39, 0.29) is 26.5 Å². The van der Waals surface area contributed by atoms with Gasteiger partial charge in [-0.2, -0.15) is 0 Å². The van der Waals surface area contributed by atoms with E-state index < -0.39 is 35.2 Å². The summed E-state index contributed by atoms with van der Waals surface area (Å²) in [6.45, 7) is 1.20. The molecular formula is C12H12N6O5S3. The number of β-lactam (4-membered cyclic amide) rings is 1. The van der Waals surface area contributed by atoms with Crippen LogP contribution in [0.3, 0.4) is 0 Å². The molecule has 26 heavy (non-hydrogen) atoms. The van der Waals surface area contributed by atoms with Crippen molar-refractivity contribution in [2.45, 2.75) is 24.9 Å². The van der Waals surface area contributed by atoms with E-state index in [0.29, 0.717) is 0 Å². The number of amides is 2. The monoisotopic (exact) mass is 416 g/mol. The lowest BCUT2D eigenvalue weighted by molar-refractivity contribution is -0.156. The van der Waals surface area contributed by atoms with E-state index in [9.17, 15) is 24.6 Å². The van der Waals surface area contributed by atoms with E-state index >= 15 is 0 Å². The van der Waals surface area contributed by atoms with Gasteiger partial charge in [0.1, 0.15) is 16.1 Å². The molecule has 0 saturated carbocycles. The van der Waals surface area contributed by atoms with E-state index in [1.807, 2.05) is 0 Å². The quantitative estimate of drug-likeness (QED) is 0.374. The van der Waals surface area contributed by atoms with Gasteiger partial charge in [-0.3, -0.25) is 14.5 Å². The first-order valence-electron chi connectivity index (χ1n) is 7.14. The number of aliphatic hydroxyl groups is 1. The number of aliphatic carboxylic acids is 1. The van der Waals surface area contributed by atoms with Gasteiger partial charge in [-0.15, -0.1) is 5.10 Å². The summed E-state index contributed by atoms with van der Waals surface area (Å²) >= 11 is 7.29. The maximum absolute atomic E-state index is 12.2. The van der Waals surface area contributed by atoms with E-state index in [2.05, 4.69) is 15.5 Å². The molecule has 4 N–H and O–H groups in total. The summed E-state index contributed by atoms with van der Waals surface area (Å²) in [7, 11) is 0. The molecule has 0 bridgehead atoms. The van der Waals surface area contributed by atoms with Gasteiger partial charge in [-0.25, -0.2) is 9.48 Å². The van der Waals surface area contributed by atoms with Crippen LogP contribution in [-0.2, 0) is 20.9 Å². The average molecular weight is 416 g/mol. The normalized spacial score (nSPS) is 22.8. The fourth-order valence-corrected chi connectivity index (χ4v) is 5.86. The van der Waals surface area contributed by atoms with Crippen LogP contribution >= 0.6 is 35.7 Å². The molecular weight excluding hydrogens is 404 g/mol. The Balaban J connectivity index is 1.84. The second-order valence-corrected chi connectivity index (χ2v) is 8.51. The molecule has 11 nitrogen and oxygen atoms in total. The number of hydrogen-bond acceptors (Lipinski definition) is 10. The van der Waals surface area contributed by atoms with Gasteiger partial charge in [0.2, 0.25) is 11.8 Å². The first-order chi connectivity index (χ1) is 12.2. The first kappa shape index (κ1) is 18.8. The summed E-state index contributed by atoms with van der Waals surface area (Å²) in [5, 5.41) is 29.5. The number of rotatable bonds is 6. The molecule has 0 aromatic carbocycles. The highest BCUT2D eigenvalue weighted by molar-refractivity contribution is 8.35. The molecule has 0 spiro atoms. The zero-order chi connectivity index (χ0) is 19.2. The highest BCUT2D eigenvalue weighted by atomic mass is 32.2. The van der Waals surface area contributed by atoms with E-state index in [1.165, 1.54) is 6.92 Å². The van der Waals surface area contributed by atoms with Gasteiger partial charge in [0.05, 0.1) is 16.3 Å². The van der Waals surface area contributed by atoms with Gasteiger partial charge in [0, 0.05) is 0 Å². The Morgan fingerprint density at radius 3 is 2.77 bits per heavy atom. The molecule has 3 atom stereocenters. The Hall–Kier alpha value is -2.03. The minimum Gasteiger partial charge on any atom is -0.477 e. The standard InChI is InChI=1S/C12H12N6O5S3/c1-3(19)5-8(21)18-6(10(22)23)12(25-9(5)18)26-11(24)7-14-15-16-17(7)2-4(13)20/h3,5,9,19H,2H2,1H3,(H2,13,20)(H,22,23)/t3-,5+,9-/m1/s1. The van der Waals surface area contributed by atoms with Crippen molar-refractivity contribution in [3.05, 3.63) is 15.8 Å². The fraction of sp³-hybridized carbons (Fsp3) is 0.417. The number of primary amides is 1.